The Morgan fingerprint density at radius 1 is 0.417 bits per heavy atom. The number of furan rings is 1. The number of hydrogen-bond donors (Lipinski definition) is 0. The molecule has 0 bridgehead atoms. The van der Waals surface area contributed by atoms with Crippen LogP contribution in [0.3, 0.4) is 0 Å². The van der Waals surface area contributed by atoms with Gasteiger partial charge in [-0.25, -0.2) is 0 Å². The molecule has 2 heteroatoms. The predicted molar refractivity (Wildman–Crippen MR) is 151 cm³/mol. The van der Waals surface area contributed by atoms with Gasteiger partial charge in [-0.1, -0.05) is 91.0 Å². The molecule has 0 amide bonds. The molecule has 2 nitrogen and oxygen atoms in total. The molecule has 1 heterocycles. The van der Waals surface area contributed by atoms with E-state index in [1.807, 2.05) is 12.1 Å². The Morgan fingerprint density at radius 3 is 2.00 bits per heavy atom. The normalized spacial score (nSPS) is 11.3. The highest BCUT2D eigenvalue weighted by molar-refractivity contribution is 6.06. The van der Waals surface area contributed by atoms with Crippen LogP contribution in [0, 0.1) is 0 Å². The summed E-state index contributed by atoms with van der Waals surface area (Å²) in [6, 6.07) is 49.1. The van der Waals surface area contributed by atoms with Crippen molar-refractivity contribution in [3.05, 3.63) is 140 Å². The Kier molecular flexibility index (Phi) is 4.82. The fourth-order valence-corrected chi connectivity index (χ4v) is 5.17. The van der Waals surface area contributed by atoms with Crippen molar-refractivity contribution in [3.8, 4) is 11.1 Å². The summed E-state index contributed by atoms with van der Waals surface area (Å²) in [5.74, 6) is 0. The van der Waals surface area contributed by atoms with Crippen LogP contribution >= 0.6 is 0 Å². The largest absolute Gasteiger partial charge is 0.456 e. The van der Waals surface area contributed by atoms with Crippen LogP contribution in [-0.2, 0) is 0 Å². The van der Waals surface area contributed by atoms with Crippen LogP contribution in [0.1, 0.15) is 0 Å². The van der Waals surface area contributed by atoms with Gasteiger partial charge in [-0.15, -0.1) is 0 Å². The maximum absolute atomic E-state index is 6.10. The molecule has 0 aliphatic rings. The van der Waals surface area contributed by atoms with Gasteiger partial charge in [-0.05, 0) is 70.4 Å². The summed E-state index contributed by atoms with van der Waals surface area (Å²) in [4.78, 5) is 2.32. The maximum Gasteiger partial charge on any atom is 0.135 e. The molecular weight excluding hydrogens is 438 g/mol. The predicted octanol–water partition coefficient (Wildman–Crippen LogP) is 9.88. The molecule has 6 aromatic carbocycles. The first-order valence-electron chi connectivity index (χ1n) is 12.2. The molecule has 170 valence electrons. The number of anilines is 3. The van der Waals surface area contributed by atoms with Crippen molar-refractivity contribution in [1.82, 2.24) is 0 Å². The van der Waals surface area contributed by atoms with Crippen LogP contribution in [0.15, 0.2) is 144 Å². The number of rotatable bonds is 4. The van der Waals surface area contributed by atoms with Gasteiger partial charge in [-0.3, -0.25) is 0 Å². The zero-order valence-electron chi connectivity index (χ0n) is 19.6. The fraction of sp³-hybridized carbons (Fsp3) is 0. The van der Waals surface area contributed by atoms with Gasteiger partial charge in [-0.2, -0.15) is 0 Å². The van der Waals surface area contributed by atoms with Crippen molar-refractivity contribution >= 4 is 49.8 Å². The number of nitrogens with zero attached hydrogens (tertiary/aromatic N) is 1. The van der Waals surface area contributed by atoms with E-state index in [1.165, 1.54) is 21.9 Å². The van der Waals surface area contributed by atoms with Crippen LogP contribution in [-0.4, -0.2) is 0 Å². The highest BCUT2D eigenvalue weighted by Gasteiger charge is 2.16. The molecule has 0 aliphatic heterocycles. The monoisotopic (exact) mass is 461 g/mol. The number of para-hydroxylation sites is 2. The average molecular weight is 462 g/mol. The summed E-state index contributed by atoms with van der Waals surface area (Å²) in [5, 5.41) is 4.76. The third-order valence-corrected chi connectivity index (χ3v) is 6.84. The van der Waals surface area contributed by atoms with Gasteiger partial charge >= 0.3 is 0 Å². The first kappa shape index (κ1) is 20.5. The standard InChI is InChI=1S/C34H23NO/c1-2-13-26(14-3-1)35(28-20-21-34-32(23-28)31-17-6-7-19-33(31)36-34)27-15-8-12-25(22-27)30-18-9-11-24-10-4-5-16-29(24)30/h1-23H. The van der Waals surface area contributed by atoms with Gasteiger partial charge in [0.25, 0.3) is 0 Å². The third-order valence-electron chi connectivity index (χ3n) is 6.84. The number of fused-ring (bicyclic) bond motifs is 4. The van der Waals surface area contributed by atoms with Crippen molar-refractivity contribution in [2.24, 2.45) is 0 Å². The lowest BCUT2D eigenvalue weighted by Gasteiger charge is -2.26. The Hall–Kier alpha value is -4.82. The van der Waals surface area contributed by atoms with E-state index in [0.29, 0.717) is 0 Å². The van der Waals surface area contributed by atoms with Crippen molar-refractivity contribution in [2.45, 2.75) is 0 Å². The fourth-order valence-electron chi connectivity index (χ4n) is 5.17. The second kappa shape index (κ2) is 8.44. The molecule has 1 aromatic heterocycles. The SMILES string of the molecule is c1ccc(N(c2cccc(-c3cccc4ccccc34)c2)c2ccc3oc4ccccc4c3c2)cc1. The smallest absolute Gasteiger partial charge is 0.135 e. The molecule has 0 radical (unpaired) electrons. The summed E-state index contributed by atoms with van der Waals surface area (Å²) in [5.41, 5.74) is 7.56. The minimum atomic E-state index is 0.900. The third kappa shape index (κ3) is 3.43. The maximum atomic E-state index is 6.10. The van der Waals surface area contributed by atoms with E-state index in [2.05, 4.69) is 132 Å². The van der Waals surface area contributed by atoms with E-state index in [1.54, 1.807) is 0 Å². The first-order chi connectivity index (χ1) is 17.8. The Morgan fingerprint density at radius 2 is 1.08 bits per heavy atom. The van der Waals surface area contributed by atoms with Crippen molar-refractivity contribution in [1.29, 1.82) is 0 Å². The lowest BCUT2D eigenvalue weighted by molar-refractivity contribution is 0.669. The molecule has 0 unspecified atom stereocenters. The molecular formula is C34H23NO. The molecule has 7 rings (SSSR count). The first-order valence-corrected chi connectivity index (χ1v) is 12.2. The molecule has 0 saturated heterocycles. The average Bonchev–Trinajstić information content (AvgIpc) is 3.32. The summed E-state index contributed by atoms with van der Waals surface area (Å²) in [7, 11) is 0. The highest BCUT2D eigenvalue weighted by atomic mass is 16.3. The molecule has 0 N–H and O–H groups in total. The summed E-state index contributed by atoms with van der Waals surface area (Å²) >= 11 is 0. The zero-order valence-corrected chi connectivity index (χ0v) is 19.6. The van der Waals surface area contributed by atoms with Crippen LogP contribution < -0.4 is 4.90 Å². The second-order valence-corrected chi connectivity index (χ2v) is 9.03. The van der Waals surface area contributed by atoms with Crippen LogP contribution in [0.25, 0.3) is 43.8 Å². The molecule has 7 aromatic rings. The molecule has 0 spiro atoms. The van der Waals surface area contributed by atoms with E-state index in [4.69, 9.17) is 4.42 Å². The van der Waals surface area contributed by atoms with Crippen LogP contribution in [0.5, 0.6) is 0 Å². The Labute approximate surface area is 209 Å². The Balaban J connectivity index is 1.43. The van der Waals surface area contributed by atoms with Gasteiger partial charge in [0.15, 0.2) is 0 Å². The van der Waals surface area contributed by atoms with Crippen molar-refractivity contribution in [2.75, 3.05) is 4.90 Å². The summed E-state index contributed by atoms with van der Waals surface area (Å²) in [6.45, 7) is 0. The second-order valence-electron chi connectivity index (χ2n) is 9.03. The molecule has 0 aliphatic carbocycles. The van der Waals surface area contributed by atoms with Gasteiger partial charge < -0.3 is 9.32 Å². The van der Waals surface area contributed by atoms with E-state index >= 15 is 0 Å². The minimum absolute atomic E-state index is 0.900. The summed E-state index contributed by atoms with van der Waals surface area (Å²) < 4.78 is 6.10. The lowest BCUT2D eigenvalue weighted by atomic mass is 9.97. The van der Waals surface area contributed by atoms with Gasteiger partial charge in [0.05, 0.1) is 0 Å². The molecule has 0 saturated carbocycles. The van der Waals surface area contributed by atoms with Crippen molar-refractivity contribution < 1.29 is 4.42 Å². The van der Waals surface area contributed by atoms with Gasteiger partial charge in [0.2, 0.25) is 0 Å². The van der Waals surface area contributed by atoms with Gasteiger partial charge in [0, 0.05) is 27.8 Å². The number of hydrogen-bond acceptors (Lipinski definition) is 2. The number of benzene rings is 6. The Bertz CT molecular complexity index is 1840. The minimum Gasteiger partial charge on any atom is -0.456 e. The molecule has 36 heavy (non-hydrogen) atoms. The van der Waals surface area contributed by atoms with Crippen LogP contribution in [0.2, 0.25) is 0 Å². The van der Waals surface area contributed by atoms with Crippen molar-refractivity contribution in [3.63, 3.8) is 0 Å². The molecule has 0 fully saturated rings. The van der Waals surface area contributed by atoms with E-state index in [-0.39, 0.29) is 0 Å². The van der Waals surface area contributed by atoms with E-state index in [9.17, 15) is 0 Å². The zero-order chi connectivity index (χ0) is 23.9. The summed E-state index contributed by atoms with van der Waals surface area (Å²) in [6.07, 6.45) is 0. The molecule has 0 atom stereocenters. The quantitative estimate of drug-likeness (QED) is 0.259. The van der Waals surface area contributed by atoms with E-state index in [0.717, 1.165) is 39.0 Å². The van der Waals surface area contributed by atoms with Gasteiger partial charge in [0.1, 0.15) is 11.2 Å². The van der Waals surface area contributed by atoms with Crippen LogP contribution in [0.4, 0.5) is 17.1 Å². The lowest BCUT2D eigenvalue weighted by Crippen LogP contribution is -2.09. The van der Waals surface area contributed by atoms with E-state index < -0.39 is 0 Å². The topological polar surface area (TPSA) is 16.4 Å². The highest BCUT2D eigenvalue weighted by Crippen LogP contribution is 2.40.